The summed E-state index contributed by atoms with van der Waals surface area (Å²) in [5.74, 6) is -0.393. The second-order valence-corrected chi connectivity index (χ2v) is 6.41. The van der Waals surface area contributed by atoms with Crippen LogP contribution in [0, 0.1) is 5.92 Å². The lowest BCUT2D eigenvalue weighted by Crippen LogP contribution is -2.14. The van der Waals surface area contributed by atoms with Gasteiger partial charge in [-0.05, 0) is 30.5 Å². The molecule has 0 fully saturated rings. The molecule has 1 rings (SSSR count). The van der Waals surface area contributed by atoms with Crippen LogP contribution in [-0.2, 0) is 9.47 Å². The molecule has 0 aliphatic rings. The summed E-state index contributed by atoms with van der Waals surface area (Å²) >= 11 is 0. The molecule has 0 unspecified atom stereocenters. The van der Waals surface area contributed by atoms with Crippen LogP contribution in [0.4, 0.5) is 0 Å². The number of esters is 2. The van der Waals surface area contributed by atoms with Crippen molar-refractivity contribution in [3.8, 4) is 0 Å². The van der Waals surface area contributed by atoms with E-state index in [4.69, 9.17) is 9.47 Å². The minimum Gasteiger partial charge on any atom is -0.462 e. The van der Waals surface area contributed by atoms with Crippen molar-refractivity contribution in [3.05, 3.63) is 35.4 Å². The Hall–Kier alpha value is -1.84. The summed E-state index contributed by atoms with van der Waals surface area (Å²) in [5.41, 5.74) is 0.786. The van der Waals surface area contributed by atoms with E-state index in [1.165, 1.54) is 19.3 Å². The Kier molecular flexibility index (Phi) is 10.6. The lowest BCUT2D eigenvalue weighted by Gasteiger charge is -2.12. The Balaban J connectivity index is 2.47. The second kappa shape index (κ2) is 12.5. The van der Waals surface area contributed by atoms with Gasteiger partial charge in [0.2, 0.25) is 0 Å². The van der Waals surface area contributed by atoms with E-state index in [-0.39, 0.29) is 11.9 Å². The van der Waals surface area contributed by atoms with Gasteiger partial charge < -0.3 is 9.47 Å². The number of carbonyl (C=O) groups is 2. The predicted molar refractivity (Wildman–Crippen MR) is 99.8 cm³/mol. The fourth-order valence-electron chi connectivity index (χ4n) is 2.53. The van der Waals surface area contributed by atoms with Crippen LogP contribution < -0.4 is 0 Å². The Morgan fingerprint density at radius 3 is 2.08 bits per heavy atom. The van der Waals surface area contributed by atoms with Crippen molar-refractivity contribution in [2.24, 2.45) is 5.92 Å². The standard InChI is InChI=1S/C21H32O4/c1-4-7-8-9-10-14-24-20(22)18-12-11-13-19(15-18)21(23)25-16-17(5-2)6-3/h11-13,15,17H,4-10,14,16H2,1-3H3. The molecule has 0 heterocycles. The van der Waals surface area contributed by atoms with Gasteiger partial charge >= 0.3 is 11.9 Å². The van der Waals surface area contributed by atoms with Gasteiger partial charge in [-0.25, -0.2) is 9.59 Å². The smallest absolute Gasteiger partial charge is 0.338 e. The number of hydrogen-bond acceptors (Lipinski definition) is 4. The van der Waals surface area contributed by atoms with Crippen molar-refractivity contribution in [1.82, 2.24) is 0 Å². The van der Waals surface area contributed by atoms with E-state index in [0.717, 1.165) is 25.7 Å². The summed E-state index contributed by atoms with van der Waals surface area (Å²) < 4.78 is 10.6. The zero-order valence-corrected chi connectivity index (χ0v) is 15.9. The molecule has 4 heteroatoms. The predicted octanol–water partition coefficient (Wildman–Crippen LogP) is 5.41. The average Bonchev–Trinajstić information content (AvgIpc) is 2.65. The SMILES string of the molecule is CCCCCCCOC(=O)c1cccc(C(=O)OCC(CC)CC)c1. The molecule has 0 aliphatic carbocycles. The molecule has 140 valence electrons. The van der Waals surface area contributed by atoms with Crippen molar-refractivity contribution in [3.63, 3.8) is 0 Å². The first-order valence-corrected chi connectivity index (χ1v) is 9.56. The van der Waals surface area contributed by atoms with Crippen molar-refractivity contribution in [2.75, 3.05) is 13.2 Å². The first-order chi connectivity index (χ1) is 12.1. The molecule has 0 bridgehead atoms. The molecule has 0 atom stereocenters. The lowest BCUT2D eigenvalue weighted by molar-refractivity contribution is 0.0433. The fourth-order valence-corrected chi connectivity index (χ4v) is 2.53. The summed E-state index contributed by atoms with van der Waals surface area (Å²) in [6.07, 6.45) is 7.50. The molecule has 0 N–H and O–H groups in total. The molecule has 1 aromatic carbocycles. The lowest BCUT2D eigenvalue weighted by atomic mass is 10.1. The minimum absolute atomic E-state index is 0.379. The third kappa shape index (κ3) is 8.19. The average molecular weight is 348 g/mol. The highest BCUT2D eigenvalue weighted by molar-refractivity contribution is 5.95. The molecular weight excluding hydrogens is 316 g/mol. The molecule has 4 nitrogen and oxygen atoms in total. The van der Waals surface area contributed by atoms with Crippen LogP contribution in [0.5, 0.6) is 0 Å². The molecule has 1 aromatic rings. The topological polar surface area (TPSA) is 52.6 Å². The molecule has 0 saturated carbocycles. The quantitative estimate of drug-likeness (QED) is 0.374. The highest BCUT2D eigenvalue weighted by atomic mass is 16.5. The molecule has 0 spiro atoms. The van der Waals surface area contributed by atoms with Crippen LogP contribution in [0.1, 0.15) is 86.4 Å². The fraction of sp³-hybridized carbons (Fsp3) is 0.619. The van der Waals surface area contributed by atoms with Crippen molar-refractivity contribution >= 4 is 11.9 Å². The monoisotopic (exact) mass is 348 g/mol. The van der Waals surface area contributed by atoms with Gasteiger partial charge in [0.25, 0.3) is 0 Å². The number of unbranched alkanes of at least 4 members (excludes halogenated alkanes) is 4. The zero-order valence-electron chi connectivity index (χ0n) is 15.9. The molecular formula is C21H32O4. The first kappa shape index (κ1) is 21.2. The summed E-state index contributed by atoms with van der Waals surface area (Å²) in [7, 11) is 0. The van der Waals surface area contributed by atoms with Gasteiger partial charge in [-0.15, -0.1) is 0 Å². The normalized spacial score (nSPS) is 10.7. The number of carbonyl (C=O) groups excluding carboxylic acids is 2. The van der Waals surface area contributed by atoms with Gasteiger partial charge in [-0.1, -0.05) is 65.4 Å². The highest BCUT2D eigenvalue weighted by Gasteiger charge is 2.14. The van der Waals surface area contributed by atoms with E-state index >= 15 is 0 Å². The number of benzene rings is 1. The van der Waals surface area contributed by atoms with Crippen LogP contribution in [-0.4, -0.2) is 25.2 Å². The van der Waals surface area contributed by atoms with Gasteiger partial charge in [0.15, 0.2) is 0 Å². The van der Waals surface area contributed by atoms with Crippen LogP contribution in [0.3, 0.4) is 0 Å². The third-order valence-electron chi connectivity index (χ3n) is 4.42. The van der Waals surface area contributed by atoms with E-state index in [1.54, 1.807) is 24.3 Å². The van der Waals surface area contributed by atoms with Crippen molar-refractivity contribution < 1.29 is 19.1 Å². The zero-order chi connectivity index (χ0) is 18.5. The molecule has 0 aromatic heterocycles. The maximum atomic E-state index is 12.1. The molecule has 0 aliphatic heterocycles. The molecule has 0 radical (unpaired) electrons. The summed E-state index contributed by atoms with van der Waals surface area (Å²) in [4.78, 5) is 24.2. The number of ether oxygens (including phenoxy) is 2. The Bertz CT molecular complexity index is 520. The van der Waals surface area contributed by atoms with E-state index < -0.39 is 0 Å². The van der Waals surface area contributed by atoms with Crippen LogP contribution >= 0.6 is 0 Å². The van der Waals surface area contributed by atoms with E-state index in [2.05, 4.69) is 20.8 Å². The van der Waals surface area contributed by atoms with E-state index in [1.807, 2.05) is 0 Å². The van der Waals surface area contributed by atoms with Gasteiger partial charge in [0.05, 0.1) is 24.3 Å². The molecule has 0 amide bonds. The first-order valence-electron chi connectivity index (χ1n) is 9.56. The summed E-state index contributed by atoms with van der Waals surface area (Å²) in [6, 6.07) is 6.56. The van der Waals surface area contributed by atoms with Crippen molar-refractivity contribution in [2.45, 2.75) is 65.7 Å². The number of hydrogen-bond donors (Lipinski definition) is 0. The summed E-state index contributed by atoms with van der Waals surface area (Å²) in [6.45, 7) is 7.18. The van der Waals surface area contributed by atoms with Crippen molar-refractivity contribution in [1.29, 1.82) is 0 Å². The van der Waals surface area contributed by atoms with Gasteiger partial charge in [-0.3, -0.25) is 0 Å². The van der Waals surface area contributed by atoms with E-state index in [9.17, 15) is 9.59 Å². The minimum atomic E-state index is -0.388. The van der Waals surface area contributed by atoms with Crippen LogP contribution in [0.15, 0.2) is 24.3 Å². The second-order valence-electron chi connectivity index (χ2n) is 6.41. The van der Waals surface area contributed by atoms with E-state index in [0.29, 0.717) is 30.3 Å². The molecule has 0 saturated heterocycles. The largest absolute Gasteiger partial charge is 0.462 e. The Labute approximate surface area is 151 Å². The van der Waals surface area contributed by atoms with Gasteiger partial charge in [0, 0.05) is 0 Å². The third-order valence-corrected chi connectivity index (χ3v) is 4.42. The Morgan fingerprint density at radius 1 is 0.880 bits per heavy atom. The summed E-state index contributed by atoms with van der Waals surface area (Å²) in [5, 5.41) is 0. The van der Waals surface area contributed by atoms with Crippen LogP contribution in [0.25, 0.3) is 0 Å². The highest BCUT2D eigenvalue weighted by Crippen LogP contribution is 2.12. The Morgan fingerprint density at radius 2 is 1.48 bits per heavy atom. The van der Waals surface area contributed by atoms with Crippen LogP contribution in [0.2, 0.25) is 0 Å². The maximum Gasteiger partial charge on any atom is 0.338 e. The van der Waals surface area contributed by atoms with Gasteiger partial charge in [0.1, 0.15) is 0 Å². The van der Waals surface area contributed by atoms with Gasteiger partial charge in [-0.2, -0.15) is 0 Å². The number of rotatable bonds is 12. The molecule has 25 heavy (non-hydrogen) atoms. The maximum absolute atomic E-state index is 12.1.